The molecule has 1 unspecified atom stereocenters. The normalized spacial score (nSPS) is 11.9. The molecule has 0 aliphatic rings. The van der Waals surface area contributed by atoms with Gasteiger partial charge in [-0.3, -0.25) is 0 Å². The van der Waals surface area contributed by atoms with Crippen LogP contribution < -0.4 is 10.6 Å². The quantitative estimate of drug-likeness (QED) is 0.562. The minimum absolute atomic E-state index is 0.146. The summed E-state index contributed by atoms with van der Waals surface area (Å²) in [5.41, 5.74) is 2.30. The van der Waals surface area contributed by atoms with Crippen molar-refractivity contribution in [1.82, 2.24) is 10.6 Å². The van der Waals surface area contributed by atoms with Crippen molar-refractivity contribution in [3.8, 4) is 0 Å². The topological polar surface area (TPSA) is 61.4 Å². The van der Waals surface area contributed by atoms with Gasteiger partial charge in [0.05, 0.1) is 0 Å². The summed E-state index contributed by atoms with van der Waals surface area (Å²) in [5.74, 6) is 0.245. The number of carbonyl (C=O) groups is 1. The number of fused-ring (bicyclic) bond motifs is 1. The van der Waals surface area contributed by atoms with E-state index in [1.807, 2.05) is 42.5 Å². The average Bonchev–Trinajstić information content (AvgIpc) is 2.72. The van der Waals surface area contributed by atoms with Crippen molar-refractivity contribution >= 4 is 16.8 Å². The molecule has 0 saturated heterocycles. The van der Waals surface area contributed by atoms with Crippen LogP contribution >= 0.6 is 0 Å². The molecule has 2 amide bonds. The van der Waals surface area contributed by atoms with Gasteiger partial charge in [0.15, 0.2) is 0 Å². The van der Waals surface area contributed by atoms with Crippen molar-refractivity contribution in [2.24, 2.45) is 0 Å². The second-order valence-electron chi connectivity index (χ2n) is 6.66. The van der Waals surface area contributed by atoms with Crippen LogP contribution in [0.15, 0.2) is 72.8 Å². The predicted octanol–water partition coefficient (Wildman–Crippen LogP) is 4.20. The molecule has 0 aliphatic heterocycles. The number of benzene rings is 3. The third kappa shape index (κ3) is 5.31. The molecule has 0 bridgehead atoms. The number of amides is 2. The Balaban J connectivity index is 1.49. The van der Waals surface area contributed by atoms with Gasteiger partial charge in [-0.2, -0.15) is 0 Å². The molecule has 4 heteroatoms. The van der Waals surface area contributed by atoms with Crippen molar-refractivity contribution in [3.63, 3.8) is 0 Å². The molecule has 0 aliphatic carbocycles. The Morgan fingerprint density at radius 3 is 2.41 bits per heavy atom. The number of carbonyl (C=O) groups excluding carboxylic acids is 1. The Hall–Kier alpha value is -2.85. The first kappa shape index (κ1) is 18.9. The summed E-state index contributed by atoms with van der Waals surface area (Å²) in [7, 11) is 0. The van der Waals surface area contributed by atoms with Crippen molar-refractivity contribution < 1.29 is 9.90 Å². The predicted molar refractivity (Wildman–Crippen MR) is 110 cm³/mol. The standard InChI is InChI=1S/C23H26N2O2/c26-16-14-19(18-7-2-1-3-8-18)13-15-24-23(27)25-17-21-11-6-10-20-9-4-5-12-22(20)21/h1-12,19,26H,13-17H2,(H2,24,25,27). The Kier molecular flexibility index (Phi) is 6.83. The van der Waals surface area contributed by atoms with Gasteiger partial charge in [-0.1, -0.05) is 72.8 Å². The van der Waals surface area contributed by atoms with Crippen LogP contribution in [0.2, 0.25) is 0 Å². The highest BCUT2D eigenvalue weighted by molar-refractivity contribution is 5.86. The minimum atomic E-state index is -0.168. The van der Waals surface area contributed by atoms with Crippen LogP contribution in [0.5, 0.6) is 0 Å². The summed E-state index contributed by atoms with van der Waals surface area (Å²) in [6, 6.07) is 24.3. The van der Waals surface area contributed by atoms with E-state index in [2.05, 4.69) is 41.0 Å². The van der Waals surface area contributed by atoms with Crippen molar-refractivity contribution in [1.29, 1.82) is 0 Å². The van der Waals surface area contributed by atoms with Gasteiger partial charge in [-0.25, -0.2) is 4.79 Å². The van der Waals surface area contributed by atoms with E-state index in [4.69, 9.17) is 0 Å². The lowest BCUT2D eigenvalue weighted by Crippen LogP contribution is -2.36. The molecule has 0 heterocycles. The van der Waals surface area contributed by atoms with Gasteiger partial charge < -0.3 is 15.7 Å². The number of rotatable bonds is 8. The molecule has 3 aromatic rings. The SMILES string of the molecule is O=C(NCCC(CCO)c1ccccc1)NCc1cccc2ccccc12. The molecule has 140 valence electrons. The molecule has 1 atom stereocenters. The van der Waals surface area contributed by atoms with E-state index >= 15 is 0 Å². The fourth-order valence-corrected chi connectivity index (χ4v) is 3.40. The summed E-state index contributed by atoms with van der Waals surface area (Å²) >= 11 is 0. The molecule has 3 aromatic carbocycles. The second-order valence-corrected chi connectivity index (χ2v) is 6.66. The number of aliphatic hydroxyl groups excluding tert-OH is 1. The fourth-order valence-electron chi connectivity index (χ4n) is 3.40. The number of aliphatic hydroxyl groups is 1. The lowest BCUT2D eigenvalue weighted by molar-refractivity contribution is 0.239. The first-order valence-electron chi connectivity index (χ1n) is 9.42. The van der Waals surface area contributed by atoms with Crippen molar-refractivity contribution in [3.05, 3.63) is 83.9 Å². The number of hydrogen-bond donors (Lipinski definition) is 3. The Morgan fingerprint density at radius 2 is 1.59 bits per heavy atom. The van der Waals surface area contributed by atoms with E-state index in [0.29, 0.717) is 19.5 Å². The number of hydrogen-bond acceptors (Lipinski definition) is 2. The van der Waals surface area contributed by atoms with Gasteiger partial charge in [0.2, 0.25) is 0 Å². The molecule has 3 rings (SSSR count). The monoisotopic (exact) mass is 362 g/mol. The summed E-state index contributed by atoms with van der Waals surface area (Å²) in [6.45, 7) is 1.21. The lowest BCUT2D eigenvalue weighted by atomic mass is 9.93. The summed E-state index contributed by atoms with van der Waals surface area (Å²) < 4.78 is 0. The number of urea groups is 1. The third-order valence-corrected chi connectivity index (χ3v) is 4.85. The fraction of sp³-hybridized carbons (Fsp3) is 0.261. The van der Waals surface area contributed by atoms with Gasteiger partial charge >= 0.3 is 6.03 Å². The zero-order valence-electron chi connectivity index (χ0n) is 15.4. The third-order valence-electron chi connectivity index (χ3n) is 4.85. The van der Waals surface area contributed by atoms with Crippen LogP contribution in [-0.2, 0) is 6.54 Å². The van der Waals surface area contributed by atoms with Crippen LogP contribution in [-0.4, -0.2) is 24.3 Å². The highest BCUT2D eigenvalue weighted by Crippen LogP contribution is 2.22. The van der Waals surface area contributed by atoms with E-state index in [1.54, 1.807) is 0 Å². The maximum atomic E-state index is 12.2. The zero-order chi connectivity index (χ0) is 18.9. The number of nitrogens with one attached hydrogen (secondary N) is 2. The first-order valence-corrected chi connectivity index (χ1v) is 9.42. The molecular formula is C23H26N2O2. The maximum absolute atomic E-state index is 12.2. The summed E-state index contributed by atoms with van der Waals surface area (Å²) in [6.07, 6.45) is 1.50. The van der Waals surface area contributed by atoms with E-state index in [0.717, 1.165) is 17.4 Å². The summed E-state index contributed by atoms with van der Waals surface area (Å²) in [4.78, 5) is 12.2. The van der Waals surface area contributed by atoms with Gasteiger partial charge in [0.1, 0.15) is 0 Å². The van der Waals surface area contributed by atoms with Crippen LogP contribution in [0.1, 0.15) is 29.9 Å². The molecule has 27 heavy (non-hydrogen) atoms. The Labute approximate surface area is 160 Å². The molecule has 0 radical (unpaired) electrons. The minimum Gasteiger partial charge on any atom is -0.396 e. The van der Waals surface area contributed by atoms with Crippen LogP contribution in [0, 0.1) is 0 Å². The van der Waals surface area contributed by atoms with Crippen LogP contribution in [0.3, 0.4) is 0 Å². The first-order chi connectivity index (χ1) is 13.3. The molecule has 0 aromatic heterocycles. The average molecular weight is 362 g/mol. The lowest BCUT2D eigenvalue weighted by Gasteiger charge is -2.17. The molecule has 3 N–H and O–H groups in total. The van der Waals surface area contributed by atoms with Gasteiger partial charge in [0, 0.05) is 19.7 Å². The van der Waals surface area contributed by atoms with E-state index in [9.17, 15) is 9.90 Å². The largest absolute Gasteiger partial charge is 0.396 e. The Bertz CT molecular complexity index is 859. The second kappa shape index (κ2) is 9.74. The van der Waals surface area contributed by atoms with E-state index < -0.39 is 0 Å². The van der Waals surface area contributed by atoms with Gasteiger partial charge in [-0.15, -0.1) is 0 Å². The highest BCUT2D eigenvalue weighted by Gasteiger charge is 2.11. The summed E-state index contributed by atoms with van der Waals surface area (Å²) in [5, 5.41) is 17.5. The molecule has 0 fully saturated rings. The zero-order valence-corrected chi connectivity index (χ0v) is 15.4. The smallest absolute Gasteiger partial charge is 0.315 e. The van der Waals surface area contributed by atoms with E-state index in [1.165, 1.54) is 10.9 Å². The van der Waals surface area contributed by atoms with Crippen molar-refractivity contribution in [2.75, 3.05) is 13.2 Å². The molecule has 0 saturated carbocycles. The molecule has 0 spiro atoms. The van der Waals surface area contributed by atoms with Gasteiger partial charge in [-0.05, 0) is 40.7 Å². The van der Waals surface area contributed by atoms with E-state index in [-0.39, 0.29) is 18.6 Å². The van der Waals surface area contributed by atoms with Crippen molar-refractivity contribution in [2.45, 2.75) is 25.3 Å². The maximum Gasteiger partial charge on any atom is 0.315 e. The Morgan fingerprint density at radius 1 is 0.852 bits per heavy atom. The molecule has 4 nitrogen and oxygen atoms in total. The van der Waals surface area contributed by atoms with Crippen LogP contribution in [0.25, 0.3) is 10.8 Å². The highest BCUT2D eigenvalue weighted by atomic mass is 16.3. The van der Waals surface area contributed by atoms with Crippen LogP contribution in [0.4, 0.5) is 4.79 Å². The molecular weight excluding hydrogens is 336 g/mol. The van der Waals surface area contributed by atoms with Gasteiger partial charge in [0.25, 0.3) is 0 Å².